The van der Waals surface area contributed by atoms with Gasteiger partial charge in [0.1, 0.15) is 32.0 Å². The number of carbonyl (C=O) groups excluding carboxylic acids is 4. The fraction of sp³-hybridized carbons (Fsp3) is 0.771. The van der Waals surface area contributed by atoms with Crippen molar-refractivity contribution in [3.63, 3.8) is 0 Å². The average Bonchev–Trinajstić information content (AvgIpc) is 3.11. The summed E-state index contributed by atoms with van der Waals surface area (Å²) in [5.41, 5.74) is -2.13. The molecule has 0 aliphatic carbocycles. The first kappa shape index (κ1) is 50.2. The highest BCUT2D eigenvalue weighted by Gasteiger charge is 2.42. The fourth-order valence-corrected chi connectivity index (χ4v) is 10.3. The van der Waals surface area contributed by atoms with Crippen molar-refractivity contribution in [2.45, 2.75) is 105 Å². The molecular weight excluding hydrogens is 729 g/mol. The predicted octanol–water partition coefficient (Wildman–Crippen LogP) is 5.32. The van der Waals surface area contributed by atoms with Gasteiger partial charge < -0.3 is 56.1 Å². The van der Waals surface area contributed by atoms with Gasteiger partial charge in [-0.2, -0.15) is 0 Å². The summed E-state index contributed by atoms with van der Waals surface area (Å²) in [6.07, 6.45) is 2.14. The Labute approximate surface area is 318 Å². The van der Waals surface area contributed by atoms with Gasteiger partial charge in [0.15, 0.2) is 0 Å². The van der Waals surface area contributed by atoms with Crippen molar-refractivity contribution < 1.29 is 64.7 Å². The van der Waals surface area contributed by atoms with Gasteiger partial charge in [-0.3, -0.25) is 0 Å². The number of nitrogens with one attached hydrogen (secondary N) is 2. The highest BCUT2D eigenvalue weighted by Crippen LogP contribution is 2.25. The zero-order valence-corrected chi connectivity index (χ0v) is 35.5. The van der Waals surface area contributed by atoms with E-state index in [-0.39, 0.29) is 32.5 Å². The molecule has 0 aromatic rings. The van der Waals surface area contributed by atoms with E-state index in [1.54, 1.807) is 13.8 Å². The molecule has 0 radical (unpaired) electrons. The Kier molecular flexibility index (Phi) is 25.4. The average molecular weight is 795 g/mol. The molecule has 0 aromatic carbocycles. The zero-order chi connectivity index (χ0) is 40.4. The molecule has 2 amide bonds. The Morgan fingerprint density at radius 1 is 0.585 bits per heavy atom. The summed E-state index contributed by atoms with van der Waals surface area (Å²) in [6.45, 7) is 24.9. The molecule has 1 atom stereocenters. The molecule has 0 heterocycles. The highest BCUT2D eigenvalue weighted by atomic mass is 28.4. The molecule has 0 spiro atoms. The first-order chi connectivity index (χ1) is 25.1. The first-order valence-corrected chi connectivity index (χ1v) is 22.2. The Morgan fingerprint density at radius 3 is 1.38 bits per heavy atom. The smallest absolute Gasteiger partial charge is 0.460 e. The molecule has 0 saturated carbocycles. The van der Waals surface area contributed by atoms with Gasteiger partial charge >= 0.3 is 41.7 Å². The van der Waals surface area contributed by atoms with Gasteiger partial charge in [-0.15, -0.1) is 0 Å². The van der Waals surface area contributed by atoms with Gasteiger partial charge in [0.25, 0.3) is 0 Å². The van der Waals surface area contributed by atoms with E-state index in [4.69, 9.17) is 45.5 Å². The van der Waals surface area contributed by atoms with Crippen LogP contribution >= 0.6 is 0 Å². The van der Waals surface area contributed by atoms with Gasteiger partial charge in [-0.25, -0.2) is 19.2 Å². The Morgan fingerprint density at radius 2 is 0.981 bits per heavy atom. The van der Waals surface area contributed by atoms with E-state index in [2.05, 4.69) is 23.8 Å². The van der Waals surface area contributed by atoms with E-state index in [0.717, 1.165) is 12.2 Å². The van der Waals surface area contributed by atoms with Gasteiger partial charge in [0, 0.05) is 75.3 Å². The van der Waals surface area contributed by atoms with Gasteiger partial charge in [0.05, 0.1) is 0 Å². The van der Waals surface area contributed by atoms with Crippen LogP contribution in [0.4, 0.5) is 9.59 Å². The Balaban J connectivity index is 5.64. The van der Waals surface area contributed by atoms with Crippen molar-refractivity contribution in [1.82, 2.24) is 10.6 Å². The number of esters is 2. The standard InChI is InChI=1S/C35H66N2O14Si2/c1-12-30(38)42-27-35(11,28-43-31(39)13-2)37-33(41)45-26-34(9,10)25-44-32(40)36-29(22-24-53(49-17-6,50-18-7)51-19-8)21-20-23-52(46-14-3,47-15-4)48-16-5/h12-13,29H,1-2,14-28H2,3-11H3,(H,36,40)(H,37,41). The lowest BCUT2D eigenvalue weighted by Gasteiger charge is -2.31. The van der Waals surface area contributed by atoms with E-state index in [9.17, 15) is 19.2 Å². The molecule has 0 saturated heterocycles. The van der Waals surface area contributed by atoms with Crippen molar-refractivity contribution in [1.29, 1.82) is 0 Å². The molecule has 0 bridgehead atoms. The quantitative estimate of drug-likeness (QED) is 0.0398. The minimum Gasteiger partial charge on any atom is -0.460 e. The van der Waals surface area contributed by atoms with Crippen LogP contribution in [-0.2, 0) is 55.1 Å². The largest absolute Gasteiger partial charge is 0.501 e. The van der Waals surface area contributed by atoms with Crippen molar-refractivity contribution >= 4 is 41.7 Å². The minimum atomic E-state index is -3.01. The maximum Gasteiger partial charge on any atom is 0.501 e. The predicted molar refractivity (Wildman–Crippen MR) is 202 cm³/mol. The number of amides is 2. The SMILES string of the molecule is C=CC(=O)OCC(C)(COC(=O)C=C)NC(=O)OCC(C)(C)COC(=O)NC(CCC[Si](OCC)(OCC)OCC)CC[Si](OCC)(OCC)OCC. The molecule has 0 rings (SSSR count). The summed E-state index contributed by atoms with van der Waals surface area (Å²) >= 11 is 0. The Bertz CT molecular complexity index is 1050. The lowest BCUT2D eigenvalue weighted by atomic mass is 9.96. The molecular formula is C35H66N2O14Si2. The van der Waals surface area contributed by atoms with Crippen LogP contribution in [0.25, 0.3) is 0 Å². The summed E-state index contributed by atoms with van der Waals surface area (Å²) in [5, 5.41) is 5.56. The summed E-state index contributed by atoms with van der Waals surface area (Å²) < 4.78 is 57.4. The topological polar surface area (TPSA) is 185 Å². The number of alkyl carbamates (subject to hydrolysis) is 2. The van der Waals surface area contributed by atoms with Gasteiger partial charge in [0.2, 0.25) is 0 Å². The molecule has 16 nitrogen and oxygen atoms in total. The van der Waals surface area contributed by atoms with E-state index in [1.165, 1.54) is 6.92 Å². The molecule has 308 valence electrons. The molecule has 0 aromatic heterocycles. The molecule has 0 fully saturated rings. The van der Waals surface area contributed by atoms with Crippen LogP contribution < -0.4 is 10.6 Å². The molecule has 18 heteroatoms. The lowest BCUT2D eigenvalue weighted by molar-refractivity contribution is -0.144. The number of rotatable bonds is 31. The molecule has 0 aliphatic heterocycles. The van der Waals surface area contributed by atoms with Crippen molar-refractivity contribution in [2.75, 3.05) is 66.1 Å². The van der Waals surface area contributed by atoms with Gasteiger partial charge in [-0.1, -0.05) is 27.0 Å². The number of hydrogen-bond acceptors (Lipinski definition) is 14. The second-order valence-corrected chi connectivity index (χ2v) is 18.3. The highest BCUT2D eigenvalue weighted by molar-refractivity contribution is 6.61. The van der Waals surface area contributed by atoms with E-state index in [0.29, 0.717) is 71.0 Å². The van der Waals surface area contributed by atoms with Crippen LogP contribution in [0.5, 0.6) is 0 Å². The van der Waals surface area contributed by atoms with Crippen LogP contribution in [0.15, 0.2) is 25.3 Å². The second kappa shape index (κ2) is 26.8. The van der Waals surface area contributed by atoms with Crippen LogP contribution in [0.1, 0.15) is 81.6 Å². The lowest BCUT2D eigenvalue weighted by Crippen LogP contribution is -2.54. The molecule has 2 N–H and O–H groups in total. The van der Waals surface area contributed by atoms with Crippen LogP contribution in [0, 0.1) is 5.41 Å². The molecule has 0 aliphatic rings. The monoisotopic (exact) mass is 794 g/mol. The third-order valence-corrected chi connectivity index (χ3v) is 13.6. The summed E-state index contributed by atoms with van der Waals surface area (Å²) in [5.74, 6) is -1.45. The maximum absolute atomic E-state index is 13.2. The maximum atomic E-state index is 13.2. The third-order valence-electron chi connectivity index (χ3n) is 7.33. The van der Waals surface area contributed by atoms with Crippen LogP contribution in [0.3, 0.4) is 0 Å². The normalized spacial score (nSPS) is 12.7. The number of hydrogen-bond donors (Lipinski definition) is 2. The van der Waals surface area contributed by atoms with E-state index in [1.807, 2.05) is 41.5 Å². The van der Waals surface area contributed by atoms with E-state index >= 15 is 0 Å². The zero-order valence-electron chi connectivity index (χ0n) is 33.5. The minimum absolute atomic E-state index is 0.0887. The third kappa shape index (κ3) is 21.6. The summed E-state index contributed by atoms with van der Waals surface area (Å²) in [7, 11) is -5.91. The summed E-state index contributed by atoms with van der Waals surface area (Å²) in [4.78, 5) is 49.2. The van der Waals surface area contributed by atoms with Crippen LogP contribution in [-0.4, -0.2) is 119 Å². The number of ether oxygens (including phenoxy) is 4. The van der Waals surface area contributed by atoms with E-state index < -0.39 is 52.7 Å². The van der Waals surface area contributed by atoms with Crippen molar-refractivity contribution in [2.24, 2.45) is 5.41 Å². The van der Waals surface area contributed by atoms with Crippen molar-refractivity contribution in [3.8, 4) is 0 Å². The molecule has 53 heavy (non-hydrogen) atoms. The second-order valence-electron chi connectivity index (χ2n) is 12.9. The number of carbonyl (C=O) groups is 4. The molecule has 1 unspecified atom stereocenters. The van der Waals surface area contributed by atoms with Crippen molar-refractivity contribution in [3.05, 3.63) is 25.3 Å². The van der Waals surface area contributed by atoms with Gasteiger partial charge in [-0.05, 0) is 67.7 Å². The Hall–Kier alpha value is -2.85. The fourth-order valence-electron chi connectivity index (χ4n) is 4.95. The van der Waals surface area contributed by atoms with Crippen LogP contribution in [0.2, 0.25) is 12.1 Å². The first-order valence-electron chi connectivity index (χ1n) is 18.4. The summed E-state index contributed by atoms with van der Waals surface area (Å²) in [6, 6.07) is 0.714.